The maximum atomic E-state index is 13.3. The Balaban J connectivity index is 1.85. The average Bonchev–Trinajstić information content (AvgIpc) is 3.21. The van der Waals surface area contributed by atoms with Gasteiger partial charge in [-0.15, -0.1) is 0 Å². The van der Waals surface area contributed by atoms with Gasteiger partial charge in [-0.05, 0) is 49.6 Å². The first kappa shape index (κ1) is 20.0. The molecule has 0 saturated carbocycles. The molecule has 10 heteroatoms. The molecule has 2 aromatic carbocycles. The lowest BCUT2D eigenvalue weighted by Crippen LogP contribution is -2.30. The highest BCUT2D eigenvalue weighted by molar-refractivity contribution is 7.91. The smallest absolute Gasteiger partial charge is 0.270 e. The Bertz CT molecular complexity index is 1190. The van der Waals surface area contributed by atoms with E-state index in [-0.39, 0.29) is 27.4 Å². The molecule has 156 valence electrons. The molecular weight excluding hydrogens is 413 g/mol. The van der Waals surface area contributed by atoms with Gasteiger partial charge in [-0.3, -0.25) is 10.1 Å². The standard InChI is InChI=1S/C20H18FN3O5S/c21-15-7-9-17(10-8-15)30(27,28)19-20(23-11-2-1-3-12-23)29-18(22-19)14-5-4-6-16(13-14)24(25)26/h4-10,13H,1-3,11-12H2. The van der Waals surface area contributed by atoms with Crippen molar-refractivity contribution in [2.24, 2.45) is 0 Å². The summed E-state index contributed by atoms with van der Waals surface area (Å²) in [6, 6.07) is 10.1. The summed E-state index contributed by atoms with van der Waals surface area (Å²) in [6.45, 7) is 1.21. The van der Waals surface area contributed by atoms with Gasteiger partial charge in [0.2, 0.25) is 26.6 Å². The Labute approximate surface area is 172 Å². The lowest BCUT2D eigenvalue weighted by molar-refractivity contribution is -0.384. The predicted octanol–water partition coefficient (Wildman–Crippen LogP) is 4.21. The highest BCUT2D eigenvalue weighted by atomic mass is 32.2. The van der Waals surface area contributed by atoms with Crippen LogP contribution in [-0.4, -0.2) is 31.4 Å². The van der Waals surface area contributed by atoms with Crippen LogP contribution in [0.3, 0.4) is 0 Å². The molecule has 1 saturated heterocycles. The Hall–Kier alpha value is -3.27. The van der Waals surface area contributed by atoms with Crippen molar-refractivity contribution in [2.45, 2.75) is 29.2 Å². The first-order chi connectivity index (χ1) is 14.4. The minimum absolute atomic E-state index is 0.0278. The van der Waals surface area contributed by atoms with Crippen LogP contribution in [0.25, 0.3) is 11.5 Å². The summed E-state index contributed by atoms with van der Waals surface area (Å²) in [5.41, 5.74) is 0.135. The van der Waals surface area contributed by atoms with E-state index < -0.39 is 20.6 Å². The monoisotopic (exact) mass is 431 g/mol. The highest BCUT2D eigenvalue weighted by Gasteiger charge is 2.32. The van der Waals surface area contributed by atoms with Gasteiger partial charge in [0.05, 0.1) is 9.82 Å². The Morgan fingerprint density at radius 3 is 2.43 bits per heavy atom. The molecule has 0 amide bonds. The molecule has 4 rings (SSSR count). The summed E-state index contributed by atoms with van der Waals surface area (Å²) in [7, 11) is -4.10. The largest absolute Gasteiger partial charge is 0.419 e. The Morgan fingerprint density at radius 1 is 1.07 bits per heavy atom. The lowest BCUT2D eigenvalue weighted by atomic mass is 10.1. The third kappa shape index (κ3) is 3.78. The molecule has 0 spiro atoms. The van der Waals surface area contributed by atoms with Crippen molar-refractivity contribution in [1.29, 1.82) is 0 Å². The molecule has 0 bridgehead atoms. The van der Waals surface area contributed by atoms with Gasteiger partial charge in [0.1, 0.15) is 5.82 Å². The van der Waals surface area contributed by atoms with Crippen molar-refractivity contribution >= 4 is 21.4 Å². The molecule has 0 aliphatic carbocycles. The normalized spacial score (nSPS) is 14.6. The van der Waals surface area contributed by atoms with Crippen molar-refractivity contribution in [3.8, 4) is 11.5 Å². The van der Waals surface area contributed by atoms with Crippen LogP contribution in [0, 0.1) is 15.9 Å². The van der Waals surface area contributed by atoms with Gasteiger partial charge in [0, 0.05) is 30.8 Å². The van der Waals surface area contributed by atoms with Gasteiger partial charge in [0.15, 0.2) is 0 Å². The van der Waals surface area contributed by atoms with Gasteiger partial charge in [0.25, 0.3) is 5.69 Å². The lowest BCUT2D eigenvalue weighted by Gasteiger charge is -2.26. The van der Waals surface area contributed by atoms with Crippen LogP contribution in [0.4, 0.5) is 16.0 Å². The quantitative estimate of drug-likeness (QED) is 0.338. The molecule has 1 aromatic heterocycles. The number of benzene rings is 2. The Morgan fingerprint density at radius 2 is 1.77 bits per heavy atom. The number of sulfone groups is 1. The van der Waals surface area contributed by atoms with Crippen LogP contribution in [0.15, 0.2) is 62.9 Å². The first-order valence-electron chi connectivity index (χ1n) is 9.37. The molecule has 3 aromatic rings. The van der Waals surface area contributed by atoms with E-state index in [4.69, 9.17) is 4.42 Å². The summed E-state index contributed by atoms with van der Waals surface area (Å²) in [6.07, 6.45) is 2.79. The average molecular weight is 431 g/mol. The van der Waals surface area contributed by atoms with E-state index in [1.54, 1.807) is 6.07 Å². The van der Waals surface area contributed by atoms with Gasteiger partial charge in [-0.1, -0.05) is 6.07 Å². The number of aromatic nitrogens is 1. The van der Waals surface area contributed by atoms with E-state index in [1.807, 2.05) is 4.90 Å². The second-order valence-corrected chi connectivity index (χ2v) is 8.81. The minimum Gasteiger partial charge on any atom is -0.419 e. The van der Waals surface area contributed by atoms with E-state index in [0.717, 1.165) is 31.4 Å². The van der Waals surface area contributed by atoms with Crippen LogP contribution in [-0.2, 0) is 9.84 Å². The fourth-order valence-electron chi connectivity index (χ4n) is 3.37. The summed E-state index contributed by atoms with van der Waals surface area (Å²) < 4.78 is 45.6. The fraction of sp³-hybridized carbons (Fsp3) is 0.250. The number of nitro groups is 1. The van der Waals surface area contributed by atoms with Gasteiger partial charge in [-0.2, -0.15) is 4.98 Å². The topological polar surface area (TPSA) is 107 Å². The first-order valence-corrected chi connectivity index (χ1v) is 10.9. The second kappa shape index (κ2) is 7.86. The maximum Gasteiger partial charge on any atom is 0.270 e. The summed E-state index contributed by atoms with van der Waals surface area (Å²) in [5.74, 6) is -0.483. The maximum absolute atomic E-state index is 13.3. The van der Waals surface area contributed by atoms with E-state index in [1.165, 1.54) is 30.3 Å². The van der Waals surface area contributed by atoms with E-state index >= 15 is 0 Å². The molecule has 0 atom stereocenters. The van der Waals surface area contributed by atoms with E-state index in [9.17, 15) is 22.9 Å². The molecule has 8 nitrogen and oxygen atoms in total. The molecule has 1 fully saturated rings. The molecule has 30 heavy (non-hydrogen) atoms. The highest BCUT2D eigenvalue weighted by Crippen LogP contribution is 2.36. The molecule has 0 unspecified atom stereocenters. The zero-order chi connectivity index (χ0) is 21.3. The molecule has 1 aliphatic heterocycles. The SMILES string of the molecule is O=[N+]([O-])c1cccc(-c2nc(S(=O)(=O)c3ccc(F)cc3)c(N3CCCCC3)o2)c1. The van der Waals surface area contributed by atoms with Gasteiger partial charge in [-0.25, -0.2) is 12.8 Å². The number of oxazole rings is 1. The fourth-order valence-corrected chi connectivity index (χ4v) is 4.69. The molecule has 1 aliphatic rings. The van der Waals surface area contributed by atoms with Crippen LogP contribution in [0.2, 0.25) is 0 Å². The number of non-ortho nitro benzene ring substituents is 1. The number of piperidine rings is 1. The number of nitrogens with zero attached hydrogens (tertiary/aromatic N) is 3. The van der Waals surface area contributed by atoms with Crippen molar-refractivity contribution < 1.29 is 22.1 Å². The van der Waals surface area contributed by atoms with Crippen molar-refractivity contribution in [1.82, 2.24) is 4.98 Å². The van der Waals surface area contributed by atoms with Crippen molar-refractivity contribution in [3.05, 3.63) is 64.5 Å². The van der Waals surface area contributed by atoms with Crippen LogP contribution < -0.4 is 4.90 Å². The minimum atomic E-state index is -4.10. The number of anilines is 1. The third-order valence-electron chi connectivity index (χ3n) is 4.91. The zero-order valence-corrected chi connectivity index (χ0v) is 16.6. The third-order valence-corrected chi connectivity index (χ3v) is 6.57. The van der Waals surface area contributed by atoms with Crippen molar-refractivity contribution in [3.63, 3.8) is 0 Å². The number of hydrogen-bond acceptors (Lipinski definition) is 7. The molecule has 2 heterocycles. The van der Waals surface area contributed by atoms with Crippen LogP contribution in [0.1, 0.15) is 19.3 Å². The second-order valence-electron chi connectivity index (χ2n) is 6.94. The summed E-state index contributed by atoms with van der Waals surface area (Å²) in [4.78, 5) is 16.5. The van der Waals surface area contributed by atoms with Crippen LogP contribution >= 0.6 is 0 Å². The molecular formula is C20H18FN3O5S. The van der Waals surface area contributed by atoms with E-state index in [0.29, 0.717) is 18.7 Å². The number of halogens is 1. The molecule has 0 radical (unpaired) electrons. The van der Waals surface area contributed by atoms with Gasteiger partial charge < -0.3 is 9.32 Å². The van der Waals surface area contributed by atoms with E-state index in [2.05, 4.69) is 4.98 Å². The summed E-state index contributed by atoms with van der Waals surface area (Å²) >= 11 is 0. The zero-order valence-electron chi connectivity index (χ0n) is 15.8. The van der Waals surface area contributed by atoms with Gasteiger partial charge >= 0.3 is 0 Å². The number of hydrogen-bond donors (Lipinski definition) is 0. The van der Waals surface area contributed by atoms with Crippen LogP contribution in [0.5, 0.6) is 0 Å². The van der Waals surface area contributed by atoms with Crippen molar-refractivity contribution in [2.75, 3.05) is 18.0 Å². The Kier molecular flexibility index (Phi) is 5.25. The number of nitro benzene ring substituents is 1. The molecule has 0 N–H and O–H groups in total. The predicted molar refractivity (Wildman–Crippen MR) is 107 cm³/mol. The number of rotatable bonds is 5. The summed E-state index contributed by atoms with van der Waals surface area (Å²) in [5, 5.41) is 10.8.